The van der Waals surface area contributed by atoms with Crippen molar-refractivity contribution in [3.63, 3.8) is 0 Å². The maximum Gasteiger partial charge on any atom is 0.120 e. The smallest absolute Gasteiger partial charge is 0.120 e. The van der Waals surface area contributed by atoms with Crippen LogP contribution in [-0.4, -0.2) is 0 Å². The van der Waals surface area contributed by atoms with Crippen molar-refractivity contribution >= 4 is 23.2 Å². The van der Waals surface area contributed by atoms with Crippen molar-refractivity contribution in [2.24, 2.45) is 11.5 Å². The summed E-state index contributed by atoms with van der Waals surface area (Å²) in [5, 5.41) is 0. The normalized spacial score (nSPS) is 17.0. The average molecular weight is 323 g/mol. The highest BCUT2D eigenvalue weighted by molar-refractivity contribution is 6.26. The highest BCUT2D eigenvalue weighted by Crippen LogP contribution is 2.38. The first-order valence-corrected chi connectivity index (χ1v) is 7.56. The molecule has 0 aliphatic heterocycles. The second kappa shape index (κ2) is 5.98. The molecule has 0 aromatic heterocycles. The van der Waals surface area contributed by atoms with Crippen LogP contribution in [0.3, 0.4) is 0 Å². The quantitative estimate of drug-likeness (QED) is 0.657. The molecule has 0 spiro atoms. The van der Waals surface area contributed by atoms with Crippen molar-refractivity contribution in [1.82, 2.24) is 0 Å². The van der Waals surface area contributed by atoms with Crippen LogP contribution >= 0.6 is 23.2 Å². The molecule has 0 heterocycles. The minimum absolute atomic E-state index is 0.217. The molecule has 0 aliphatic carbocycles. The Morgan fingerprint density at radius 3 is 1.29 bits per heavy atom. The predicted octanol–water partition coefficient (Wildman–Crippen LogP) is 4.09. The van der Waals surface area contributed by atoms with E-state index in [-0.39, 0.29) is 6.42 Å². The second-order valence-corrected chi connectivity index (χ2v) is 6.98. The van der Waals surface area contributed by atoms with Crippen molar-refractivity contribution in [1.29, 1.82) is 0 Å². The first kappa shape index (κ1) is 16.3. The number of hydrogen-bond donors (Lipinski definition) is 2. The van der Waals surface area contributed by atoms with Crippen LogP contribution in [0.25, 0.3) is 0 Å². The Labute approximate surface area is 136 Å². The monoisotopic (exact) mass is 322 g/mol. The van der Waals surface area contributed by atoms with Gasteiger partial charge in [-0.1, -0.05) is 82.9 Å². The van der Waals surface area contributed by atoms with Crippen LogP contribution in [0, 0.1) is 13.8 Å². The molecule has 2 atom stereocenters. The highest BCUT2D eigenvalue weighted by atomic mass is 35.5. The van der Waals surface area contributed by atoms with E-state index in [0.29, 0.717) is 0 Å². The summed E-state index contributed by atoms with van der Waals surface area (Å²) in [7, 11) is 0. The van der Waals surface area contributed by atoms with Gasteiger partial charge >= 0.3 is 0 Å². The van der Waals surface area contributed by atoms with Crippen LogP contribution < -0.4 is 11.5 Å². The third-order valence-electron chi connectivity index (χ3n) is 3.58. The number of hydrogen-bond acceptors (Lipinski definition) is 2. The lowest BCUT2D eigenvalue weighted by atomic mass is 9.94. The molecule has 0 saturated heterocycles. The van der Waals surface area contributed by atoms with Gasteiger partial charge in [0.15, 0.2) is 0 Å². The van der Waals surface area contributed by atoms with Gasteiger partial charge in [-0.2, -0.15) is 0 Å². The predicted molar refractivity (Wildman–Crippen MR) is 90.4 cm³/mol. The van der Waals surface area contributed by atoms with Crippen LogP contribution in [0.2, 0.25) is 0 Å². The topological polar surface area (TPSA) is 52.0 Å². The van der Waals surface area contributed by atoms with Crippen LogP contribution in [0.15, 0.2) is 48.5 Å². The fourth-order valence-electron chi connectivity index (χ4n) is 2.24. The van der Waals surface area contributed by atoms with Gasteiger partial charge in [-0.25, -0.2) is 0 Å². The summed E-state index contributed by atoms with van der Waals surface area (Å²) in [4.78, 5) is -2.23. The van der Waals surface area contributed by atoms with Crippen molar-refractivity contribution in [2.75, 3.05) is 0 Å². The van der Waals surface area contributed by atoms with Crippen LogP contribution in [-0.2, 0) is 10.00 Å². The largest absolute Gasteiger partial charge is 0.309 e. The molecule has 2 unspecified atom stereocenters. The van der Waals surface area contributed by atoms with Gasteiger partial charge in [0.25, 0.3) is 0 Å². The Balaban J connectivity index is 2.25. The van der Waals surface area contributed by atoms with E-state index >= 15 is 0 Å². The first-order valence-electron chi connectivity index (χ1n) is 6.81. The van der Waals surface area contributed by atoms with E-state index in [1.807, 2.05) is 62.4 Å². The lowest BCUT2D eigenvalue weighted by molar-refractivity contribution is 0.463. The molecular weight excluding hydrogens is 303 g/mol. The van der Waals surface area contributed by atoms with Crippen molar-refractivity contribution in [3.05, 3.63) is 70.8 Å². The van der Waals surface area contributed by atoms with Gasteiger partial charge in [-0.15, -0.1) is 0 Å². The molecule has 2 aromatic carbocycles. The van der Waals surface area contributed by atoms with Crippen LogP contribution in [0.1, 0.15) is 28.7 Å². The van der Waals surface area contributed by atoms with E-state index < -0.39 is 10.00 Å². The van der Waals surface area contributed by atoms with Gasteiger partial charge in [-0.3, -0.25) is 0 Å². The summed E-state index contributed by atoms with van der Waals surface area (Å²) >= 11 is 13.0. The summed E-state index contributed by atoms with van der Waals surface area (Å²) in [5.74, 6) is 0. The number of halogens is 2. The van der Waals surface area contributed by atoms with E-state index in [9.17, 15) is 0 Å². The Hall–Kier alpha value is -1.06. The van der Waals surface area contributed by atoms with E-state index in [2.05, 4.69) is 0 Å². The van der Waals surface area contributed by atoms with Crippen molar-refractivity contribution < 1.29 is 0 Å². The number of aryl methyl sites for hydroxylation is 2. The molecule has 0 bridgehead atoms. The Morgan fingerprint density at radius 2 is 1.00 bits per heavy atom. The Kier molecular flexibility index (Phi) is 4.64. The molecule has 0 fully saturated rings. The van der Waals surface area contributed by atoms with Crippen molar-refractivity contribution in [3.8, 4) is 0 Å². The SMILES string of the molecule is Cc1ccc(C(N)(Cl)CC(N)(Cl)c2ccc(C)cc2)cc1. The third kappa shape index (κ3) is 3.98. The molecule has 2 nitrogen and oxygen atoms in total. The molecule has 0 aliphatic rings. The summed E-state index contributed by atoms with van der Waals surface area (Å²) in [5.41, 5.74) is 16.4. The zero-order valence-corrected chi connectivity index (χ0v) is 13.7. The van der Waals surface area contributed by atoms with E-state index in [1.54, 1.807) is 0 Å². The average Bonchev–Trinajstić information content (AvgIpc) is 2.38. The molecule has 0 amide bonds. The molecule has 4 N–H and O–H groups in total. The van der Waals surface area contributed by atoms with E-state index in [4.69, 9.17) is 34.7 Å². The summed E-state index contributed by atoms with van der Waals surface area (Å²) in [6.07, 6.45) is 0.217. The van der Waals surface area contributed by atoms with Crippen molar-refractivity contribution in [2.45, 2.75) is 30.3 Å². The molecule has 4 heteroatoms. The number of alkyl halides is 2. The molecule has 112 valence electrons. The highest BCUT2D eigenvalue weighted by Gasteiger charge is 2.36. The minimum Gasteiger partial charge on any atom is -0.309 e. The zero-order chi connectivity index (χ0) is 15.7. The fraction of sp³-hybridized carbons (Fsp3) is 0.294. The number of rotatable bonds is 4. The van der Waals surface area contributed by atoms with E-state index in [0.717, 1.165) is 22.3 Å². The number of benzene rings is 2. The third-order valence-corrected chi connectivity index (χ3v) is 4.28. The standard InChI is InChI=1S/C17H20Cl2N2/c1-12-3-7-14(8-4-12)16(18,20)11-17(19,21)15-9-5-13(2)6-10-15/h3-10H,11,20-21H2,1-2H3. The minimum atomic E-state index is -1.12. The van der Waals surface area contributed by atoms with Gasteiger partial charge in [0.2, 0.25) is 0 Å². The summed E-state index contributed by atoms with van der Waals surface area (Å²) in [6.45, 7) is 4.02. The molecular formula is C17H20Cl2N2. The van der Waals surface area contributed by atoms with E-state index in [1.165, 1.54) is 0 Å². The molecule has 21 heavy (non-hydrogen) atoms. The maximum atomic E-state index is 6.49. The molecule has 0 radical (unpaired) electrons. The number of nitrogens with two attached hydrogens (primary N) is 2. The van der Waals surface area contributed by atoms with Gasteiger partial charge in [0.1, 0.15) is 10.00 Å². The molecule has 0 saturated carbocycles. The fourth-order valence-corrected chi connectivity index (χ4v) is 2.98. The zero-order valence-electron chi connectivity index (χ0n) is 12.2. The first-order chi connectivity index (χ1) is 9.71. The summed E-state index contributed by atoms with van der Waals surface area (Å²) < 4.78 is 0. The Morgan fingerprint density at radius 1 is 0.714 bits per heavy atom. The van der Waals surface area contributed by atoms with Crippen LogP contribution in [0.4, 0.5) is 0 Å². The molecule has 2 rings (SSSR count). The van der Waals surface area contributed by atoms with Gasteiger partial charge in [0.05, 0.1) is 0 Å². The molecule has 2 aromatic rings. The summed E-state index contributed by atoms with van der Waals surface area (Å²) in [6, 6.07) is 15.5. The lowest BCUT2D eigenvalue weighted by Crippen LogP contribution is -2.42. The lowest BCUT2D eigenvalue weighted by Gasteiger charge is -2.32. The van der Waals surface area contributed by atoms with Gasteiger partial charge in [-0.05, 0) is 25.0 Å². The van der Waals surface area contributed by atoms with Gasteiger partial charge < -0.3 is 11.5 Å². The van der Waals surface area contributed by atoms with Gasteiger partial charge in [0, 0.05) is 6.42 Å². The van der Waals surface area contributed by atoms with Crippen LogP contribution in [0.5, 0.6) is 0 Å². The Bertz CT molecular complexity index is 546. The second-order valence-electron chi connectivity index (χ2n) is 5.63. The maximum absolute atomic E-state index is 6.49.